The van der Waals surface area contributed by atoms with Crippen molar-refractivity contribution in [3.63, 3.8) is 0 Å². The molecule has 0 spiro atoms. The molecule has 0 nitrogen and oxygen atoms in total. The maximum absolute atomic E-state index is 2.12. The first kappa shape index (κ1) is 10.1. The van der Waals surface area contributed by atoms with Gasteiger partial charge in [-0.25, -0.2) is 0 Å². The fourth-order valence-corrected chi connectivity index (χ4v) is 0. The average Bonchev–Trinajstić information content (AvgIpc) is 1.38. The number of rotatable bonds is 0. The second-order valence-corrected chi connectivity index (χ2v) is 3.22. The third-order valence-electron chi connectivity index (χ3n) is 0.433. The summed E-state index contributed by atoms with van der Waals surface area (Å²) in [6, 6.07) is 0. The van der Waals surface area contributed by atoms with Crippen LogP contribution >= 0.6 is 17.0 Å². The molecule has 0 saturated heterocycles. The van der Waals surface area contributed by atoms with E-state index in [4.69, 9.17) is 0 Å². The molecule has 0 aromatic heterocycles. The summed E-state index contributed by atoms with van der Waals surface area (Å²) in [5.41, 5.74) is 0. The Labute approximate surface area is 62.9 Å². The SMILES string of the molecule is Br.CC=[C](C)[Sn]. The third kappa shape index (κ3) is 8.89. The van der Waals surface area contributed by atoms with E-state index in [0.29, 0.717) is 0 Å². The topological polar surface area (TPSA) is 0 Å². The van der Waals surface area contributed by atoms with E-state index in [1.54, 1.807) is 0 Å². The standard InChI is InChI=1S/C4H7.BrH.Sn/c1-3-4-2;;/h3H,1-2H3;1H;. The summed E-state index contributed by atoms with van der Waals surface area (Å²) in [6.45, 7) is 4.18. The van der Waals surface area contributed by atoms with E-state index in [9.17, 15) is 0 Å². The van der Waals surface area contributed by atoms with E-state index in [0.717, 1.165) is 0 Å². The molecule has 2 heteroatoms. The molecule has 0 aromatic carbocycles. The molecule has 0 saturated carbocycles. The van der Waals surface area contributed by atoms with Gasteiger partial charge in [-0.2, -0.15) is 0 Å². The van der Waals surface area contributed by atoms with Gasteiger partial charge in [-0.3, -0.25) is 0 Å². The third-order valence-corrected chi connectivity index (χ3v) is 1.26. The molecule has 6 heavy (non-hydrogen) atoms. The molecule has 35 valence electrons. The molecule has 0 aromatic rings. The second-order valence-electron chi connectivity index (χ2n) is 0.972. The molecule has 0 heterocycles. The van der Waals surface area contributed by atoms with Gasteiger partial charge in [0.25, 0.3) is 0 Å². The van der Waals surface area contributed by atoms with Crippen LogP contribution in [0.4, 0.5) is 0 Å². The zero-order chi connectivity index (χ0) is 4.28. The van der Waals surface area contributed by atoms with Crippen molar-refractivity contribution in [1.82, 2.24) is 0 Å². The summed E-state index contributed by atoms with van der Waals surface area (Å²) in [5, 5.41) is 0. The number of hydrogen-bond acceptors (Lipinski definition) is 0. The second kappa shape index (κ2) is 6.02. The van der Waals surface area contributed by atoms with Crippen LogP contribution in [0.25, 0.3) is 0 Å². The monoisotopic (exact) mass is 255 g/mol. The Bertz CT molecular complexity index is 45.5. The van der Waals surface area contributed by atoms with Crippen molar-refractivity contribution in [3.05, 3.63) is 9.67 Å². The number of halogens is 1. The summed E-state index contributed by atoms with van der Waals surface area (Å²) in [7, 11) is 0. The summed E-state index contributed by atoms with van der Waals surface area (Å²) in [5.74, 6) is 0. The van der Waals surface area contributed by atoms with Gasteiger partial charge in [-0.1, -0.05) is 0 Å². The van der Waals surface area contributed by atoms with Crippen molar-refractivity contribution in [2.24, 2.45) is 0 Å². The molecule has 3 radical (unpaired) electrons. The van der Waals surface area contributed by atoms with Crippen LogP contribution in [-0.4, -0.2) is 22.5 Å². The molecular weight excluding hydrogens is 247 g/mol. The molecule has 0 aliphatic heterocycles. The molecule has 0 aliphatic carbocycles. The van der Waals surface area contributed by atoms with Crippen molar-refractivity contribution < 1.29 is 0 Å². The Morgan fingerprint density at radius 1 is 1.67 bits per heavy atom. The Morgan fingerprint density at radius 2 is 1.83 bits per heavy atom. The molecule has 0 fully saturated rings. The maximum atomic E-state index is 2.12. The Kier molecular flexibility index (Phi) is 10.1. The van der Waals surface area contributed by atoms with Gasteiger partial charge in [0, 0.05) is 0 Å². The van der Waals surface area contributed by atoms with E-state index in [-0.39, 0.29) is 17.0 Å². The molecule has 0 unspecified atom stereocenters. The quantitative estimate of drug-likeness (QED) is 0.577. The van der Waals surface area contributed by atoms with Crippen LogP contribution in [0.1, 0.15) is 13.8 Å². The first-order valence-electron chi connectivity index (χ1n) is 1.62. The summed E-state index contributed by atoms with van der Waals surface area (Å²) < 4.78 is 1.47. The van der Waals surface area contributed by atoms with Crippen LogP contribution in [0.15, 0.2) is 9.67 Å². The first-order chi connectivity index (χ1) is 2.27. The summed E-state index contributed by atoms with van der Waals surface area (Å²) in [4.78, 5) is 0. The van der Waals surface area contributed by atoms with E-state index in [1.165, 1.54) is 26.1 Å². The zero-order valence-electron chi connectivity index (χ0n) is 3.99. The van der Waals surface area contributed by atoms with Crippen molar-refractivity contribution in [3.8, 4) is 0 Å². The normalized spacial score (nSPS) is 10.2. The van der Waals surface area contributed by atoms with Gasteiger partial charge in [-0.05, 0) is 0 Å². The van der Waals surface area contributed by atoms with Crippen molar-refractivity contribution in [1.29, 1.82) is 0 Å². The van der Waals surface area contributed by atoms with Gasteiger partial charge < -0.3 is 0 Å². The van der Waals surface area contributed by atoms with Crippen LogP contribution < -0.4 is 0 Å². The molecule has 0 rings (SSSR count). The molecule has 0 atom stereocenters. The van der Waals surface area contributed by atoms with Gasteiger partial charge in [0.05, 0.1) is 0 Å². The molecular formula is C4H8BrSn. The van der Waals surface area contributed by atoms with Gasteiger partial charge in [0.1, 0.15) is 0 Å². The van der Waals surface area contributed by atoms with Crippen molar-refractivity contribution in [2.75, 3.05) is 0 Å². The van der Waals surface area contributed by atoms with Crippen LogP contribution in [0.5, 0.6) is 0 Å². The van der Waals surface area contributed by atoms with E-state index < -0.39 is 0 Å². The van der Waals surface area contributed by atoms with Crippen LogP contribution in [0.3, 0.4) is 0 Å². The van der Waals surface area contributed by atoms with E-state index in [1.807, 2.05) is 0 Å². The Morgan fingerprint density at radius 3 is 1.83 bits per heavy atom. The Hall–Kier alpha value is 1.02. The predicted molar refractivity (Wildman–Crippen MR) is 35.5 cm³/mol. The first-order valence-corrected chi connectivity index (χ1v) is 3.04. The molecule has 0 aliphatic rings. The average molecular weight is 255 g/mol. The predicted octanol–water partition coefficient (Wildman–Crippen LogP) is 1.66. The van der Waals surface area contributed by atoms with Crippen molar-refractivity contribution in [2.45, 2.75) is 13.8 Å². The van der Waals surface area contributed by atoms with Crippen LogP contribution in [0, 0.1) is 0 Å². The van der Waals surface area contributed by atoms with Crippen LogP contribution in [0.2, 0.25) is 0 Å². The fraction of sp³-hybridized carbons (Fsp3) is 0.500. The van der Waals surface area contributed by atoms with Gasteiger partial charge in [-0.15, -0.1) is 17.0 Å². The minimum atomic E-state index is 0. The number of allylic oxidation sites excluding steroid dienone is 2. The Balaban J connectivity index is 0. The van der Waals surface area contributed by atoms with Gasteiger partial charge >= 0.3 is 46.0 Å². The molecule has 0 amide bonds. The van der Waals surface area contributed by atoms with Gasteiger partial charge in [0.15, 0.2) is 0 Å². The van der Waals surface area contributed by atoms with Gasteiger partial charge in [0.2, 0.25) is 0 Å². The summed E-state index contributed by atoms with van der Waals surface area (Å²) >= 11 is 1.53. The minimum absolute atomic E-state index is 0. The fourth-order valence-electron chi connectivity index (χ4n) is 0. The van der Waals surface area contributed by atoms with E-state index >= 15 is 0 Å². The van der Waals surface area contributed by atoms with E-state index in [2.05, 4.69) is 19.9 Å². The molecule has 0 bridgehead atoms. The van der Waals surface area contributed by atoms with Crippen molar-refractivity contribution >= 4 is 39.5 Å². The zero-order valence-corrected chi connectivity index (χ0v) is 8.55. The molecule has 0 N–H and O–H groups in total. The summed E-state index contributed by atoms with van der Waals surface area (Å²) in [6.07, 6.45) is 2.12. The number of hydrogen-bond donors (Lipinski definition) is 0. The van der Waals surface area contributed by atoms with Crippen LogP contribution in [-0.2, 0) is 0 Å².